The van der Waals surface area contributed by atoms with Crippen molar-refractivity contribution in [2.75, 3.05) is 0 Å². The number of para-hydroxylation sites is 1. The van der Waals surface area contributed by atoms with Crippen LogP contribution in [0.25, 0.3) is 22.4 Å². The Morgan fingerprint density at radius 3 is 2.62 bits per heavy atom. The van der Waals surface area contributed by atoms with Crippen LogP contribution in [0.15, 0.2) is 66.7 Å². The predicted molar refractivity (Wildman–Crippen MR) is 101 cm³/mol. The van der Waals surface area contributed by atoms with Crippen LogP contribution in [0.5, 0.6) is 0 Å². The summed E-state index contributed by atoms with van der Waals surface area (Å²) in [7, 11) is 0. The number of aromatic nitrogens is 2. The van der Waals surface area contributed by atoms with Crippen molar-refractivity contribution < 1.29 is 0 Å². The molecular formula is C21H17ClN2. The molecule has 0 bridgehead atoms. The highest BCUT2D eigenvalue weighted by atomic mass is 35.5. The maximum absolute atomic E-state index is 6.11. The lowest BCUT2D eigenvalue weighted by atomic mass is 10.0. The van der Waals surface area contributed by atoms with E-state index in [9.17, 15) is 0 Å². The molecule has 0 atom stereocenters. The average Bonchev–Trinajstić information content (AvgIpc) is 3.00. The molecule has 4 aromatic rings. The zero-order valence-electron chi connectivity index (χ0n) is 13.4. The van der Waals surface area contributed by atoms with Gasteiger partial charge in [-0.3, -0.25) is 0 Å². The van der Waals surface area contributed by atoms with Crippen LogP contribution < -0.4 is 0 Å². The highest BCUT2D eigenvalue weighted by molar-refractivity contribution is 6.30. The van der Waals surface area contributed by atoms with Crippen LogP contribution in [0.2, 0.25) is 5.02 Å². The van der Waals surface area contributed by atoms with Crippen LogP contribution in [0, 0.1) is 6.92 Å². The summed E-state index contributed by atoms with van der Waals surface area (Å²) in [5, 5.41) is 0.766. The standard InChI is InChI=1S/C21H17ClN2/c1-14-5-2-8-17(11-14)21-23-19-10-4-7-16(20(19)24-21)12-15-6-3-9-18(22)13-15/h2-11,13H,12H2,1H3,(H,23,24). The van der Waals surface area contributed by atoms with Gasteiger partial charge < -0.3 is 4.98 Å². The SMILES string of the molecule is Cc1cccc(-c2nc3c(Cc4cccc(Cl)c4)cccc3[nH]2)c1. The number of benzene rings is 3. The molecule has 0 fully saturated rings. The maximum Gasteiger partial charge on any atom is 0.138 e. The van der Waals surface area contributed by atoms with Gasteiger partial charge in [0.05, 0.1) is 11.0 Å². The number of fused-ring (bicyclic) bond motifs is 1. The van der Waals surface area contributed by atoms with Crippen molar-refractivity contribution in [2.24, 2.45) is 0 Å². The van der Waals surface area contributed by atoms with E-state index in [1.54, 1.807) is 0 Å². The number of aromatic amines is 1. The summed E-state index contributed by atoms with van der Waals surface area (Å²) >= 11 is 6.11. The van der Waals surface area contributed by atoms with Gasteiger partial charge in [0.1, 0.15) is 5.82 Å². The molecule has 0 aliphatic carbocycles. The second-order valence-corrected chi connectivity index (χ2v) is 6.51. The molecule has 0 unspecified atom stereocenters. The normalized spacial score (nSPS) is 11.1. The van der Waals surface area contributed by atoms with Gasteiger partial charge >= 0.3 is 0 Å². The van der Waals surface area contributed by atoms with Crippen LogP contribution in [0.4, 0.5) is 0 Å². The first-order valence-electron chi connectivity index (χ1n) is 7.98. The van der Waals surface area contributed by atoms with Crippen molar-refractivity contribution in [3.8, 4) is 11.4 Å². The molecule has 3 heteroatoms. The number of nitrogens with zero attached hydrogens (tertiary/aromatic N) is 1. The molecule has 0 aliphatic heterocycles. The number of halogens is 1. The third kappa shape index (κ3) is 2.93. The highest BCUT2D eigenvalue weighted by Gasteiger charge is 2.09. The summed E-state index contributed by atoms with van der Waals surface area (Å²) < 4.78 is 0. The van der Waals surface area contributed by atoms with E-state index >= 15 is 0 Å². The van der Waals surface area contributed by atoms with Crippen molar-refractivity contribution >= 4 is 22.6 Å². The Labute approximate surface area is 146 Å². The predicted octanol–water partition coefficient (Wildman–Crippen LogP) is 5.78. The molecule has 118 valence electrons. The number of hydrogen-bond acceptors (Lipinski definition) is 1. The quantitative estimate of drug-likeness (QED) is 0.506. The monoisotopic (exact) mass is 332 g/mol. The zero-order valence-corrected chi connectivity index (χ0v) is 14.1. The van der Waals surface area contributed by atoms with Crippen molar-refractivity contribution in [3.63, 3.8) is 0 Å². The molecule has 0 saturated carbocycles. The molecule has 0 amide bonds. The van der Waals surface area contributed by atoms with Crippen LogP contribution in [0.3, 0.4) is 0 Å². The molecule has 24 heavy (non-hydrogen) atoms. The Kier molecular flexibility index (Phi) is 3.83. The Balaban J connectivity index is 1.77. The summed E-state index contributed by atoms with van der Waals surface area (Å²) in [6.45, 7) is 2.09. The van der Waals surface area contributed by atoms with Gasteiger partial charge in [-0.05, 0) is 48.7 Å². The van der Waals surface area contributed by atoms with Crippen molar-refractivity contribution in [1.82, 2.24) is 9.97 Å². The first kappa shape index (κ1) is 15.0. The number of H-pyrrole nitrogens is 1. The fourth-order valence-electron chi connectivity index (χ4n) is 3.03. The lowest BCUT2D eigenvalue weighted by Gasteiger charge is -2.03. The van der Waals surface area contributed by atoms with E-state index in [4.69, 9.17) is 16.6 Å². The molecule has 0 spiro atoms. The number of imidazole rings is 1. The van der Waals surface area contributed by atoms with Gasteiger partial charge in [0.25, 0.3) is 0 Å². The van der Waals surface area contributed by atoms with Gasteiger partial charge in [-0.1, -0.05) is 59.6 Å². The van der Waals surface area contributed by atoms with Gasteiger partial charge in [-0.15, -0.1) is 0 Å². The topological polar surface area (TPSA) is 28.7 Å². The second-order valence-electron chi connectivity index (χ2n) is 6.07. The first-order chi connectivity index (χ1) is 11.7. The molecule has 2 nitrogen and oxygen atoms in total. The Morgan fingerprint density at radius 1 is 0.958 bits per heavy atom. The first-order valence-corrected chi connectivity index (χ1v) is 8.36. The summed E-state index contributed by atoms with van der Waals surface area (Å²) in [5.41, 5.74) is 6.81. The smallest absolute Gasteiger partial charge is 0.138 e. The Bertz CT molecular complexity index is 1020. The summed E-state index contributed by atoms with van der Waals surface area (Å²) in [4.78, 5) is 8.29. The van der Waals surface area contributed by atoms with Crippen LogP contribution in [-0.4, -0.2) is 9.97 Å². The van der Waals surface area contributed by atoms with E-state index in [1.807, 2.05) is 18.2 Å². The molecule has 0 radical (unpaired) electrons. The highest BCUT2D eigenvalue weighted by Crippen LogP contribution is 2.25. The number of nitrogens with one attached hydrogen (secondary N) is 1. The minimum Gasteiger partial charge on any atom is -0.338 e. The van der Waals surface area contributed by atoms with Crippen LogP contribution in [0.1, 0.15) is 16.7 Å². The zero-order chi connectivity index (χ0) is 16.5. The molecule has 3 aromatic carbocycles. The molecule has 1 heterocycles. The Morgan fingerprint density at radius 2 is 1.79 bits per heavy atom. The summed E-state index contributed by atoms with van der Waals surface area (Å²) in [5.74, 6) is 0.909. The largest absolute Gasteiger partial charge is 0.338 e. The molecule has 4 rings (SSSR count). The van der Waals surface area contributed by atoms with Gasteiger partial charge in [0, 0.05) is 10.6 Å². The average molecular weight is 333 g/mol. The minimum absolute atomic E-state index is 0.766. The number of aryl methyl sites for hydroxylation is 1. The Hall–Kier alpha value is -2.58. The molecule has 1 N–H and O–H groups in total. The van der Waals surface area contributed by atoms with E-state index in [1.165, 1.54) is 16.7 Å². The fourth-order valence-corrected chi connectivity index (χ4v) is 3.24. The molecular weight excluding hydrogens is 316 g/mol. The third-order valence-electron chi connectivity index (χ3n) is 4.17. The number of rotatable bonds is 3. The third-order valence-corrected chi connectivity index (χ3v) is 4.41. The maximum atomic E-state index is 6.11. The molecule has 1 aromatic heterocycles. The van der Waals surface area contributed by atoms with E-state index in [-0.39, 0.29) is 0 Å². The molecule has 0 aliphatic rings. The van der Waals surface area contributed by atoms with E-state index in [2.05, 4.69) is 60.4 Å². The summed E-state index contributed by atoms with van der Waals surface area (Å²) in [6, 6.07) is 22.6. The van der Waals surface area contributed by atoms with Gasteiger partial charge in [-0.25, -0.2) is 4.98 Å². The molecule has 0 saturated heterocycles. The van der Waals surface area contributed by atoms with E-state index in [0.717, 1.165) is 33.9 Å². The second kappa shape index (κ2) is 6.14. The van der Waals surface area contributed by atoms with Crippen molar-refractivity contribution in [1.29, 1.82) is 0 Å². The minimum atomic E-state index is 0.766. The van der Waals surface area contributed by atoms with Crippen molar-refractivity contribution in [2.45, 2.75) is 13.3 Å². The number of hydrogen-bond donors (Lipinski definition) is 1. The van der Waals surface area contributed by atoms with Crippen LogP contribution >= 0.6 is 11.6 Å². The summed E-state index contributed by atoms with van der Waals surface area (Å²) in [6.07, 6.45) is 0.815. The van der Waals surface area contributed by atoms with E-state index < -0.39 is 0 Å². The van der Waals surface area contributed by atoms with Gasteiger partial charge in [-0.2, -0.15) is 0 Å². The lowest BCUT2D eigenvalue weighted by Crippen LogP contribution is -1.89. The van der Waals surface area contributed by atoms with Crippen molar-refractivity contribution in [3.05, 3.63) is 88.4 Å². The fraction of sp³-hybridized carbons (Fsp3) is 0.0952. The van der Waals surface area contributed by atoms with Gasteiger partial charge in [0.2, 0.25) is 0 Å². The lowest BCUT2D eigenvalue weighted by molar-refractivity contribution is 1.20. The van der Waals surface area contributed by atoms with Gasteiger partial charge in [0.15, 0.2) is 0 Å². The van der Waals surface area contributed by atoms with E-state index in [0.29, 0.717) is 0 Å². The van der Waals surface area contributed by atoms with Crippen LogP contribution in [-0.2, 0) is 6.42 Å².